The van der Waals surface area contributed by atoms with Crippen molar-refractivity contribution in [2.45, 2.75) is 52.4 Å². The van der Waals surface area contributed by atoms with Crippen molar-refractivity contribution in [1.82, 2.24) is 0 Å². The van der Waals surface area contributed by atoms with E-state index in [1.54, 1.807) is 7.11 Å². The van der Waals surface area contributed by atoms with Gasteiger partial charge in [0.15, 0.2) is 0 Å². The Bertz CT molecular complexity index is 210. The Labute approximate surface area is 88.1 Å². The first kappa shape index (κ1) is 12.2. The molecule has 1 fully saturated rings. The Balaban J connectivity index is 2.90. The van der Waals surface area contributed by atoms with Crippen LogP contribution in [0.2, 0.25) is 6.55 Å². The van der Waals surface area contributed by atoms with Crippen molar-refractivity contribution in [2.24, 2.45) is 5.92 Å². The molecule has 4 heteroatoms. The van der Waals surface area contributed by atoms with Crippen LogP contribution in [0, 0.1) is 5.92 Å². The maximum Gasteiger partial charge on any atom is 0.498 e. The van der Waals surface area contributed by atoms with E-state index in [1.165, 1.54) is 0 Å². The summed E-state index contributed by atoms with van der Waals surface area (Å²) < 4.78 is 17.3. The lowest BCUT2D eigenvalue weighted by Crippen LogP contribution is -2.45. The van der Waals surface area contributed by atoms with Crippen LogP contribution in [-0.4, -0.2) is 27.6 Å². The monoisotopic (exact) mass is 218 g/mol. The van der Waals surface area contributed by atoms with E-state index in [4.69, 9.17) is 13.3 Å². The summed E-state index contributed by atoms with van der Waals surface area (Å²) in [5, 5.41) is 0. The van der Waals surface area contributed by atoms with E-state index in [0.29, 0.717) is 5.92 Å². The highest BCUT2D eigenvalue weighted by Crippen LogP contribution is 2.41. The van der Waals surface area contributed by atoms with Gasteiger partial charge in [0, 0.05) is 13.7 Å². The summed E-state index contributed by atoms with van der Waals surface area (Å²) in [4.78, 5) is 0. The summed E-state index contributed by atoms with van der Waals surface area (Å²) in [5.74, 6) is 0.451. The fourth-order valence-corrected chi connectivity index (χ4v) is 4.62. The van der Waals surface area contributed by atoms with Crippen molar-refractivity contribution in [2.75, 3.05) is 7.11 Å². The molecule has 14 heavy (non-hydrogen) atoms. The molecule has 1 heterocycles. The van der Waals surface area contributed by atoms with E-state index in [0.717, 1.165) is 6.42 Å². The minimum Gasteiger partial charge on any atom is -0.377 e. The van der Waals surface area contributed by atoms with Gasteiger partial charge in [0.05, 0.1) is 11.7 Å². The maximum atomic E-state index is 6.10. The number of hydrogen-bond acceptors (Lipinski definition) is 3. The summed E-state index contributed by atoms with van der Waals surface area (Å²) in [6.07, 6.45) is 1.10. The fraction of sp³-hybridized carbons (Fsp3) is 1.00. The van der Waals surface area contributed by atoms with E-state index >= 15 is 0 Å². The first-order valence-corrected chi connectivity index (χ1v) is 7.56. The number of hydrogen-bond donors (Lipinski definition) is 0. The summed E-state index contributed by atoms with van der Waals surface area (Å²) in [6, 6.07) is 0. The Morgan fingerprint density at radius 2 is 2.07 bits per heavy atom. The van der Waals surface area contributed by atoms with Crippen molar-refractivity contribution in [1.29, 1.82) is 0 Å². The molecule has 0 saturated carbocycles. The number of rotatable bonds is 3. The highest BCUT2D eigenvalue weighted by atomic mass is 28.4. The van der Waals surface area contributed by atoms with Gasteiger partial charge in [0.25, 0.3) is 0 Å². The molecule has 0 spiro atoms. The zero-order valence-electron chi connectivity index (χ0n) is 10.1. The van der Waals surface area contributed by atoms with Crippen molar-refractivity contribution in [3.8, 4) is 0 Å². The summed E-state index contributed by atoms with van der Waals surface area (Å²) >= 11 is 0. The van der Waals surface area contributed by atoms with Gasteiger partial charge in [-0.3, -0.25) is 0 Å². The Kier molecular flexibility index (Phi) is 3.41. The topological polar surface area (TPSA) is 27.7 Å². The average Bonchev–Trinajstić information content (AvgIpc) is 2.39. The van der Waals surface area contributed by atoms with Crippen LogP contribution in [0.25, 0.3) is 0 Å². The zero-order chi connectivity index (χ0) is 11.0. The van der Waals surface area contributed by atoms with Crippen LogP contribution in [0.15, 0.2) is 0 Å². The molecule has 1 aliphatic rings. The minimum atomic E-state index is -2.34. The molecule has 0 amide bonds. The Morgan fingerprint density at radius 3 is 2.29 bits per heavy atom. The quantitative estimate of drug-likeness (QED) is 0.681. The van der Waals surface area contributed by atoms with E-state index in [-0.39, 0.29) is 11.7 Å². The third-order valence-corrected chi connectivity index (χ3v) is 5.63. The van der Waals surface area contributed by atoms with Crippen molar-refractivity contribution < 1.29 is 13.3 Å². The molecular weight excluding hydrogens is 196 g/mol. The molecule has 3 atom stereocenters. The molecule has 3 unspecified atom stereocenters. The van der Waals surface area contributed by atoms with Gasteiger partial charge in [-0.2, -0.15) is 0 Å². The van der Waals surface area contributed by atoms with Gasteiger partial charge in [-0.1, -0.05) is 20.8 Å². The predicted octanol–water partition coefficient (Wildman–Crippen LogP) is 2.44. The first-order valence-electron chi connectivity index (χ1n) is 5.33. The molecule has 0 aromatic rings. The second-order valence-electron chi connectivity index (χ2n) is 4.39. The van der Waals surface area contributed by atoms with Crippen LogP contribution in [0.4, 0.5) is 0 Å². The highest BCUT2D eigenvalue weighted by molar-refractivity contribution is 6.59. The third-order valence-electron chi connectivity index (χ3n) is 3.36. The van der Waals surface area contributed by atoms with Crippen LogP contribution in [0.5, 0.6) is 0 Å². The molecule has 1 aliphatic heterocycles. The summed E-state index contributed by atoms with van der Waals surface area (Å²) in [6.45, 7) is 10.6. The molecule has 1 saturated heterocycles. The Morgan fingerprint density at radius 1 is 1.50 bits per heavy atom. The fourth-order valence-electron chi connectivity index (χ4n) is 2.32. The standard InChI is InChI=1S/C10H22O3Si/c1-7-10(8(2)3)9(4)12-14(6,11-5)13-10/h8-9H,7H2,1-6H3. The summed E-state index contributed by atoms with van der Waals surface area (Å²) in [7, 11) is -0.671. The SMILES string of the molecule is CCC1(C(C)C)O[Si](C)(OC)OC1C. The van der Waals surface area contributed by atoms with Gasteiger partial charge >= 0.3 is 8.80 Å². The van der Waals surface area contributed by atoms with Crippen LogP contribution in [-0.2, 0) is 13.3 Å². The van der Waals surface area contributed by atoms with Gasteiger partial charge in [0.2, 0.25) is 0 Å². The lowest BCUT2D eigenvalue weighted by atomic mass is 9.83. The van der Waals surface area contributed by atoms with Crippen LogP contribution >= 0.6 is 0 Å². The van der Waals surface area contributed by atoms with E-state index in [2.05, 4.69) is 27.7 Å². The third kappa shape index (κ3) is 1.76. The average molecular weight is 218 g/mol. The molecule has 3 nitrogen and oxygen atoms in total. The second-order valence-corrected chi connectivity index (χ2v) is 6.96. The van der Waals surface area contributed by atoms with E-state index < -0.39 is 8.80 Å². The largest absolute Gasteiger partial charge is 0.498 e. The maximum absolute atomic E-state index is 6.10. The second kappa shape index (κ2) is 3.93. The van der Waals surface area contributed by atoms with Crippen LogP contribution in [0.3, 0.4) is 0 Å². The van der Waals surface area contributed by atoms with Gasteiger partial charge in [-0.25, -0.2) is 0 Å². The van der Waals surface area contributed by atoms with Crippen LogP contribution in [0.1, 0.15) is 34.1 Å². The molecule has 0 aromatic carbocycles. The molecular formula is C10H22O3Si. The van der Waals surface area contributed by atoms with Crippen LogP contribution < -0.4 is 0 Å². The summed E-state index contributed by atoms with van der Waals surface area (Å²) in [5.41, 5.74) is -0.156. The molecule has 1 rings (SSSR count). The van der Waals surface area contributed by atoms with Gasteiger partial charge in [-0.05, 0) is 19.3 Å². The van der Waals surface area contributed by atoms with E-state index in [1.807, 2.05) is 6.55 Å². The van der Waals surface area contributed by atoms with Crippen molar-refractivity contribution >= 4 is 8.80 Å². The predicted molar refractivity (Wildman–Crippen MR) is 58.1 cm³/mol. The zero-order valence-corrected chi connectivity index (χ0v) is 11.1. The molecule has 0 aliphatic carbocycles. The van der Waals surface area contributed by atoms with Gasteiger partial charge in [0.1, 0.15) is 0 Å². The van der Waals surface area contributed by atoms with Gasteiger partial charge < -0.3 is 13.3 Å². The normalized spacial score (nSPS) is 43.5. The van der Waals surface area contributed by atoms with Gasteiger partial charge in [-0.15, -0.1) is 0 Å². The first-order chi connectivity index (χ1) is 6.40. The molecule has 0 bridgehead atoms. The lowest BCUT2D eigenvalue weighted by Gasteiger charge is -2.35. The van der Waals surface area contributed by atoms with Crippen molar-refractivity contribution in [3.05, 3.63) is 0 Å². The molecule has 0 aromatic heterocycles. The lowest BCUT2D eigenvalue weighted by molar-refractivity contribution is -0.00830. The Hall–Kier alpha value is 0.0969. The molecule has 84 valence electrons. The molecule has 0 radical (unpaired) electrons. The van der Waals surface area contributed by atoms with Crippen molar-refractivity contribution in [3.63, 3.8) is 0 Å². The minimum absolute atomic E-state index is 0.129. The smallest absolute Gasteiger partial charge is 0.377 e. The molecule has 0 N–H and O–H groups in total. The van der Waals surface area contributed by atoms with E-state index in [9.17, 15) is 0 Å². The highest BCUT2D eigenvalue weighted by Gasteiger charge is 2.56.